The van der Waals surface area contributed by atoms with Crippen LogP contribution in [-0.2, 0) is 4.74 Å². The second-order valence-electron chi connectivity index (χ2n) is 4.82. The van der Waals surface area contributed by atoms with Gasteiger partial charge in [0.15, 0.2) is 0 Å². The van der Waals surface area contributed by atoms with Crippen molar-refractivity contribution in [2.24, 2.45) is 0 Å². The Morgan fingerprint density at radius 1 is 1.33 bits per heavy atom. The van der Waals surface area contributed by atoms with Crippen LogP contribution >= 0.6 is 0 Å². The first-order chi connectivity index (χ1) is 10.2. The summed E-state index contributed by atoms with van der Waals surface area (Å²) in [6.07, 6.45) is 0. The number of carbonyl (C=O) groups is 1. The molecule has 3 rings (SSSR count). The number of ether oxygens (including phenoxy) is 2. The van der Waals surface area contributed by atoms with Crippen molar-refractivity contribution >= 4 is 22.7 Å². The lowest BCUT2D eigenvalue weighted by Crippen LogP contribution is -2.37. The van der Waals surface area contributed by atoms with E-state index in [0.717, 1.165) is 10.9 Å². The lowest BCUT2D eigenvalue weighted by atomic mass is 10.1. The van der Waals surface area contributed by atoms with Gasteiger partial charge in [0, 0.05) is 18.5 Å². The Morgan fingerprint density at radius 2 is 2.10 bits per heavy atom. The van der Waals surface area contributed by atoms with E-state index in [4.69, 9.17) is 9.47 Å². The van der Waals surface area contributed by atoms with Crippen molar-refractivity contribution in [3.8, 4) is 5.75 Å². The van der Waals surface area contributed by atoms with Crippen LogP contribution in [0.5, 0.6) is 5.75 Å². The van der Waals surface area contributed by atoms with E-state index in [-0.39, 0.29) is 5.56 Å². The molecule has 0 spiro atoms. The van der Waals surface area contributed by atoms with Gasteiger partial charge in [-0.25, -0.2) is 9.78 Å². The van der Waals surface area contributed by atoms with E-state index < -0.39 is 5.97 Å². The summed E-state index contributed by atoms with van der Waals surface area (Å²) in [5, 5.41) is 10.2. The molecule has 0 saturated carbocycles. The number of hydrogen-bond acceptors (Lipinski definition) is 5. The smallest absolute Gasteiger partial charge is 0.339 e. The zero-order valence-corrected chi connectivity index (χ0v) is 11.7. The van der Waals surface area contributed by atoms with Gasteiger partial charge in [0.2, 0.25) is 0 Å². The number of anilines is 1. The van der Waals surface area contributed by atoms with Gasteiger partial charge < -0.3 is 19.5 Å². The molecule has 2 aromatic rings. The number of fused-ring (bicyclic) bond motifs is 1. The predicted octanol–water partition coefficient (Wildman–Crippen LogP) is 1.78. The Balaban J connectivity index is 2.13. The Labute approximate surface area is 121 Å². The number of aromatic carboxylic acids is 1. The van der Waals surface area contributed by atoms with Gasteiger partial charge >= 0.3 is 5.97 Å². The Morgan fingerprint density at radius 3 is 2.76 bits per heavy atom. The highest BCUT2D eigenvalue weighted by Gasteiger charge is 2.21. The van der Waals surface area contributed by atoms with Gasteiger partial charge in [-0.2, -0.15) is 0 Å². The number of carboxylic acids is 1. The first kappa shape index (κ1) is 13.6. The number of aromatic nitrogens is 1. The number of benzene rings is 1. The molecule has 0 aliphatic carbocycles. The van der Waals surface area contributed by atoms with Crippen LogP contribution in [-0.4, -0.2) is 49.5 Å². The van der Waals surface area contributed by atoms with Crippen LogP contribution in [0.25, 0.3) is 10.9 Å². The number of pyridine rings is 1. The zero-order valence-electron chi connectivity index (χ0n) is 11.7. The van der Waals surface area contributed by atoms with Gasteiger partial charge in [0.1, 0.15) is 17.1 Å². The molecule has 0 amide bonds. The van der Waals surface area contributed by atoms with Crippen LogP contribution in [0.2, 0.25) is 0 Å². The fourth-order valence-corrected chi connectivity index (χ4v) is 2.44. The van der Waals surface area contributed by atoms with Crippen LogP contribution in [0.4, 0.5) is 5.82 Å². The molecule has 0 bridgehead atoms. The van der Waals surface area contributed by atoms with Crippen molar-refractivity contribution in [3.05, 3.63) is 29.8 Å². The number of rotatable bonds is 3. The third kappa shape index (κ3) is 2.62. The molecule has 1 aromatic heterocycles. The number of morpholine rings is 1. The minimum Gasteiger partial charge on any atom is -0.497 e. The highest BCUT2D eigenvalue weighted by molar-refractivity contribution is 5.98. The van der Waals surface area contributed by atoms with Gasteiger partial charge in [0.25, 0.3) is 0 Å². The topological polar surface area (TPSA) is 71.9 Å². The van der Waals surface area contributed by atoms with Gasteiger partial charge in [-0.15, -0.1) is 0 Å². The average Bonchev–Trinajstić information content (AvgIpc) is 2.53. The Bertz CT molecular complexity index is 681. The maximum atomic E-state index is 11.5. The summed E-state index contributed by atoms with van der Waals surface area (Å²) in [6.45, 7) is 2.46. The molecule has 6 nitrogen and oxygen atoms in total. The van der Waals surface area contributed by atoms with Crippen molar-refractivity contribution in [3.63, 3.8) is 0 Å². The highest BCUT2D eigenvalue weighted by atomic mass is 16.5. The minimum atomic E-state index is -0.978. The van der Waals surface area contributed by atoms with Crippen LogP contribution in [0, 0.1) is 0 Å². The monoisotopic (exact) mass is 288 g/mol. The number of methoxy groups -OCH3 is 1. The summed E-state index contributed by atoms with van der Waals surface area (Å²) in [7, 11) is 1.58. The molecule has 0 radical (unpaired) electrons. The summed E-state index contributed by atoms with van der Waals surface area (Å²) < 4.78 is 10.5. The normalized spacial score (nSPS) is 15.2. The number of hydrogen-bond donors (Lipinski definition) is 1. The summed E-state index contributed by atoms with van der Waals surface area (Å²) >= 11 is 0. The molecule has 0 unspecified atom stereocenters. The molecule has 2 heterocycles. The second kappa shape index (κ2) is 5.57. The number of nitrogens with zero attached hydrogens (tertiary/aromatic N) is 2. The van der Waals surface area contributed by atoms with Crippen molar-refractivity contribution in [1.82, 2.24) is 4.98 Å². The van der Waals surface area contributed by atoms with Crippen LogP contribution in [0.1, 0.15) is 10.4 Å². The third-order valence-corrected chi connectivity index (χ3v) is 3.54. The van der Waals surface area contributed by atoms with E-state index in [9.17, 15) is 9.90 Å². The fourth-order valence-electron chi connectivity index (χ4n) is 2.44. The van der Waals surface area contributed by atoms with Gasteiger partial charge in [0.05, 0.1) is 25.8 Å². The largest absolute Gasteiger partial charge is 0.497 e. The molecular formula is C15H16N2O4. The molecule has 1 fully saturated rings. The maximum absolute atomic E-state index is 11.5. The van der Waals surface area contributed by atoms with Crippen molar-refractivity contribution in [1.29, 1.82) is 0 Å². The lowest BCUT2D eigenvalue weighted by Gasteiger charge is -2.29. The van der Waals surface area contributed by atoms with Crippen molar-refractivity contribution < 1.29 is 19.4 Å². The first-order valence-electron chi connectivity index (χ1n) is 6.74. The molecule has 0 atom stereocenters. The predicted molar refractivity (Wildman–Crippen MR) is 78.3 cm³/mol. The Hall–Kier alpha value is -2.34. The molecule has 1 aromatic carbocycles. The van der Waals surface area contributed by atoms with E-state index in [1.807, 2.05) is 17.0 Å². The summed E-state index contributed by atoms with van der Waals surface area (Å²) in [5.74, 6) is 0.205. The van der Waals surface area contributed by atoms with E-state index in [2.05, 4.69) is 4.98 Å². The lowest BCUT2D eigenvalue weighted by molar-refractivity contribution is 0.0696. The molecule has 6 heteroatoms. The maximum Gasteiger partial charge on any atom is 0.339 e. The van der Waals surface area contributed by atoms with E-state index >= 15 is 0 Å². The second-order valence-corrected chi connectivity index (χ2v) is 4.82. The van der Waals surface area contributed by atoms with Crippen LogP contribution < -0.4 is 9.64 Å². The van der Waals surface area contributed by atoms with E-state index in [1.54, 1.807) is 19.2 Å². The van der Waals surface area contributed by atoms with Crippen LogP contribution in [0.15, 0.2) is 24.3 Å². The highest BCUT2D eigenvalue weighted by Crippen LogP contribution is 2.27. The van der Waals surface area contributed by atoms with Gasteiger partial charge in [-0.3, -0.25) is 0 Å². The zero-order chi connectivity index (χ0) is 14.8. The summed E-state index contributed by atoms with van der Waals surface area (Å²) in [4.78, 5) is 18.0. The Kier molecular flexibility index (Phi) is 3.62. The van der Waals surface area contributed by atoms with E-state index in [1.165, 1.54) is 0 Å². The van der Waals surface area contributed by atoms with Gasteiger partial charge in [-0.05, 0) is 24.3 Å². The quantitative estimate of drug-likeness (QED) is 0.928. The summed E-state index contributed by atoms with van der Waals surface area (Å²) in [5.41, 5.74) is 0.958. The summed E-state index contributed by atoms with van der Waals surface area (Å²) in [6, 6.07) is 7.10. The molecule has 1 N–H and O–H groups in total. The first-order valence-corrected chi connectivity index (χ1v) is 6.74. The van der Waals surface area contributed by atoms with E-state index in [0.29, 0.717) is 37.9 Å². The molecule has 1 aliphatic rings. The SMILES string of the molecule is COc1ccc2nc(N3CCOCC3)c(C(=O)O)cc2c1. The standard InChI is InChI=1S/C15H16N2O4/c1-20-11-2-3-13-10(8-11)9-12(15(18)19)14(16-13)17-4-6-21-7-5-17/h2-3,8-9H,4-7H2,1H3,(H,18,19). The van der Waals surface area contributed by atoms with Crippen molar-refractivity contribution in [2.75, 3.05) is 38.3 Å². The molecule has 1 saturated heterocycles. The van der Waals surface area contributed by atoms with Crippen LogP contribution in [0.3, 0.4) is 0 Å². The van der Waals surface area contributed by atoms with Gasteiger partial charge in [-0.1, -0.05) is 0 Å². The molecule has 21 heavy (non-hydrogen) atoms. The molecular weight excluding hydrogens is 272 g/mol. The third-order valence-electron chi connectivity index (χ3n) is 3.54. The molecule has 110 valence electrons. The van der Waals surface area contributed by atoms with Crippen molar-refractivity contribution in [2.45, 2.75) is 0 Å². The number of carboxylic acid groups (broad SMARTS) is 1. The minimum absolute atomic E-state index is 0.206. The average molecular weight is 288 g/mol. The molecule has 1 aliphatic heterocycles. The fraction of sp³-hybridized carbons (Fsp3) is 0.333.